The third kappa shape index (κ3) is 6.05. The molecule has 8 nitrogen and oxygen atoms in total. The monoisotopic (exact) mass is 461 g/mol. The van der Waals surface area contributed by atoms with Gasteiger partial charge in [-0.2, -0.15) is 0 Å². The molecule has 9 heteroatoms. The maximum absolute atomic E-state index is 12.6. The number of nitrogens with one attached hydrogen (secondary N) is 2. The molecule has 2 N–H and O–H groups in total. The molecule has 0 saturated carbocycles. The van der Waals surface area contributed by atoms with Crippen LogP contribution in [0.3, 0.4) is 0 Å². The van der Waals surface area contributed by atoms with Gasteiger partial charge in [-0.3, -0.25) is 14.5 Å². The van der Waals surface area contributed by atoms with Crippen LogP contribution in [0.25, 0.3) is 0 Å². The zero-order valence-corrected chi connectivity index (χ0v) is 19.2. The molecule has 172 valence electrons. The highest BCUT2D eigenvalue weighted by atomic mass is 35.5. The van der Waals surface area contributed by atoms with Gasteiger partial charge in [0.15, 0.2) is 0 Å². The first-order chi connectivity index (χ1) is 15.4. The minimum Gasteiger partial charge on any atom is -0.497 e. The van der Waals surface area contributed by atoms with Crippen LogP contribution in [-0.2, 0) is 9.59 Å². The summed E-state index contributed by atoms with van der Waals surface area (Å²) in [4.78, 5) is 27.2. The van der Waals surface area contributed by atoms with E-state index in [-0.39, 0.29) is 24.3 Å². The van der Waals surface area contributed by atoms with Crippen molar-refractivity contribution in [3.63, 3.8) is 0 Å². The Morgan fingerprint density at radius 1 is 0.969 bits per heavy atom. The fraction of sp³-hybridized carbons (Fsp3) is 0.391. The first kappa shape index (κ1) is 23.7. The summed E-state index contributed by atoms with van der Waals surface area (Å²) in [6.07, 6.45) is 1.35. The number of methoxy groups -OCH3 is 3. The topological polar surface area (TPSA) is 89.1 Å². The Balaban J connectivity index is 1.47. The lowest BCUT2D eigenvalue weighted by atomic mass is 9.96. The Morgan fingerprint density at radius 2 is 1.69 bits per heavy atom. The van der Waals surface area contributed by atoms with Gasteiger partial charge in [-0.15, -0.1) is 0 Å². The van der Waals surface area contributed by atoms with Crippen molar-refractivity contribution in [1.82, 2.24) is 4.90 Å². The number of anilines is 2. The molecule has 1 heterocycles. The highest BCUT2D eigenvalue weighted by molar-refractivity contribution is 6.32. The first-order valence-electron chi connectivity index (χ1n) is 10.3. The summed E-state index contributed by atoms with van der Waals surface area (Å²) in [5.74, 6) is 1.45. The van der Waals surface area contributed by atoms with Gasteiger partial charge in [0, 0.05) is 17.7 Å². The Bertz CT molecular complexity index is 961. The number of hydrogen-bond acceptors (Lipinski definition) is 6. The van der Waals surface area contributed by atoms with Gasteiger partial charge >= 0.3 is 0 Å². The molecule has 1 fully saturated rings. The molecule has 0 aliphatic carbocycles. The second-order valence-electron chi connectivity index (χ2n) is 7.50. The third-order valence-corrected chi connectivity index (χ3v) is 5.72. The fourth-order valence-corrected chi connectivity index (χ4v) is 3.89. The smallest absolute Gasteiger partial charge is 0.238 e. The van der Waals surface area contributed by atoms with E-state index in [0.29, 0.717) is 59.6 Å². The van der Waals surface area contributed by atoms with E-state index in [1.807, 2.05) is 4.90 Å². The van der Waals surface area contributed by atoms with Gasteiger partial charge in [-0.05, 0) is 56.3 Å². The largest absolute Gasteiger partial charge is 0.497 e. The van der Waals surface area contributed by atoms with Crippen LogP contribution in [0, 0.1) is 5.92 Å². The standard InChI is InChI=1S/C23H28ClN3O5/c1-30-17-5-6-19(21(13-17)32-3)26-22(28)14-27-10-8-15(9-11-27)23(29)25-16-4-7-20(31-2)18(24)12-16/h4-7,12-13,15H,8-11,14H2,1-3H3,(H,25,29)(H,26,28). The van der Waals surface area contributed by atoms with E-state index in [2.05, 4.69) is 10.6 Å². The van der Waals surface area contributed by atoms with Gasteiger partial charge in [0.05, 0.1) is 38.6 Å². The van der Waals surface area contributed by atoms with Crippen molar-refractivity contribution in [1.29, 1.82) is 0 Å². The number of benzene rings is 2. The van der Waals surface area contributed by atoms with Crippen molar-refractivity contribution >= 4 is 34.8 Å². The molecule has 1 aliphatic heterocycles. The van der Waals surface area contributed by atoms with Crippen molar-refractivity contribution < 1.29 is 23.8 Å². The SMILES string of the molecule is COc1ccc(NC(=O)CN2CCC(C(=O)Nc3ccc(OC)c(Cl)c3)CC2)c(OC)c1. The predicted octanol–water partition coefficient (Wildman–Crippen LogP) is 3.66. The highest BCUT2D eigenvalue weighted by Crippen LogP contribution is 2.30. The lowest BCUT2D eigenvalue weighted by molar-refractivity contribution is -0.121. The van der Waals surface area contributed by atoms with E-state index in [4.69, 9.17) is 25.8 Å². The lowest BCUT2D eigenvalue weighted by Gasteiger charge is -2.30. The van der Waals surface area contributed by atoms with E-state index in [1.54, 1.807) is 57.7 Å². The van der Waals surface area contributed by atoms with Crippen LogP contribution in [0.5, 0.6) is 17.2 Å². The van der Waals surface area contributed by atoms with E-state index < -0.39 is 0 Å². The zero-order chi connectivity index (χ0) is 23.1. The normalized spacial score (nSPS) is 14.5. The van der Waals surface area contributed by atoms with E-state index in [0.717, 1.165) is 0 Å². The molecule has 1 saturated heterocycles. The van der Waals surface area contributed by atoms with Crippen LogP contribution in [0.1, 0.15) is 12.8 Å². The number of hydrogen-bond donors (Lipinski definition) is 2. The number of carbonyl (C=O) groups excluding carboxylic acids is 2. The van der Waals surface area contributed by atoms with Crippen molar-refractivity contribution in [2.24, 2.45) is 5.92 Å². The van der Waals surface area contributed by atoms with Crippen molar-refractivity contribution in [3.05, 3.63) is 41.4 Å². The molecule has 3 rings (SSSR count). The van der Waals surface area contributed by atoms with Gasteiger partial charge < -0.3 is 24.8 Å². The molecular formula is C23H28ClN3O5. The molecule has 2 aromatic rings. The van der Waals surface area contributed by atoms with Crippen LogP contribution >= 0.6 is 11.6 Å². The summed E-state index contributed by atoms with van der Waals surface area (Å²) in [5.41, 5.74) is 1.22. The van der Waals surface area contributed by atoms with Crippen molar-refractivity contribution in [2.45, 2.75) is 12.8 Å². The van der Waals surface area contributed by atoms with Crippen LogP contribution in [0.15, 0.2) is 36.4 Å². The Hall–Kier alpha value is -2.97. The fourth-order valence-electron chi connectivity index (χ4n) is 3.64. The number of piperidine rings is 1. The first-order valence-corrected chi connectivity index (χ1v) is 10.7. The minimum absolute atomic E-state index is 0.0432. The van der Waals surface area contributed by atoms with Gasteiger partial charge in [-0.25, -0.2) is 0 Å². The van der Waals surface area contributed by atoms with Crippen LogP contribution < -0.4 is 24.8 Å². The number of carbonyl (C=O) groups is 2. The molecule has 2 aromatic carbocycles. The van der Waals surface area contributed by atoms with Crippen molar-refractivity contribution in [3.8, 4) is 17.2 Å². The van der Waals surface area contributed by atoms with E-state index in [1.165, 1.54) is 0 Å². The molecule has 0 radical (unpaired) electrons. The molecule has 0 bridgehead atoms. The summed E-state index contributed by atoms with van der Waals surface area (Å²) >= 11 is 6.12. The van der Waals surface area contributed by atoms with E-state index >= 15 is 0 Å². The van der Waals surface area contributed by atoms with Gasteiger partial charge in [-0.1, -0.05) is 11.6 Å². The molecule has 0 unspecified atom stereocenters. The summed E-state index contributed by atoms with van der Waals surface area (Å²) in [7, 11) is 4.66. The van der Waals surface area contributed by atoms with Crippen molar-refractivity contribution in [2.75, 3.05) is 51.6 Å². The average molecular weight is 462 g/mol. The maximum atomic E-state index is 12.6. The number of amides is 2. The van der Waals surface area contributed by atoms with Crippen LogP contribution in [0.4, 0.5) is 11.4 Å². The lowest BCUT2D eigenvalue weighted by Crippen LogP contribution is -2.41. The van der Waals surface area contributed by atoms with E-state index in [9.17, 15) is 9.59 Å². The molecule has 0 spiro atoms. The molecular weight excluding hydrogens is 434 g/mol. The quantitative estimate of drug-likeness (QED) is 0.623. The number of ether oxygens (including phenoxy) is 3. The summed E-state index contributed by atoms with van der Waals surface area (Å²) < 4.78 is 15.6. The Labute approximate surface area is 192 Å². The summed E-state index contributed by atoms with van der Waals surface area (Å²) in [6, 6.07) is 10.4. The summed E-state index contributed by atoms with van der Waals surface area (Å²) in [5, 5.41) is 6.24. The van der Waals surface area contributed by atoms with Crippen LogP contribution in [-0.4, -0.2) is 57.7 Å². The number of halogens is 1. The Morgan fingerprint density at radius 3 is 2.31 bits per heavy atom. The molecule has 0 aromatic heterocycles. The summed E-state index contributed by atoms with van der Waals surface area (Å²) in [6.45, 7) is 1.57. The minimum atomic E-state index is -0.135. The number of rotatable bonds is 8. The molecule has 0 atom stereocenters. The van der Waals surface area contributed by atoms with Gasteiger partial charge in [0.25, 0.3) is 0 Å². The maximum Gasteiger partial charge on any atom is 0.238 e. The molecule has 1 aliphatic rings. The molecule has 32 heavy (non-hydrogen) atoms. The third-order valence-electron chi connectivity index (χ3n) is 5.43. The average Bonchev–Trinajstić information content (AvgIpc) is 2.79. The zero-order valence-electron chi connectivity index (χ0n) is 18.4. The van der Waals surface area contributed by atoms with Crippen LogP contribution in [0.2, 0.25) is 5.02 Å². The number of likely N-dealkylation sites (tertiary alicyclic amines) is 1. The predicted molar refractivity (Wildman–Crippen MR) is 124 cm³/mol. The number of nitrogens with zero attached hydrogens (tertiary/aromatic N) is 1. The van der Waals surface area contributed by atoms with Gasteiger partial charge in [0.1, 0.15) is 17.2 Å². The second-order valence-corrected chi connectivity index (χ2v) is 7.91. The second kappa shape index (κ2) is 11.1. The van der Waals surface area contributed by atoms with Gasteiger partial charge in [0.2, 0.25) is 11.8 Å². The Kier molecular flexibility index (Phi) is 8.19. The highest BCUT2D eigenvalue weighted by Gasteiger charge is 2.26. The molecule has 2 amide bonds.